The highest BCUT2D eigenvalue weighted by molar-refractivity contribution is 5.91. The molecule has 2 aromatic rings. The third-order valence-electron chi connectivity index (χ3n) is 4.14. The Morgan fingerprint density at radius 3 is 2.83 bits per heavy atom. The van der Waals surface area contributed by atoms with Gasteiger partial charge in [-0.05, 0) is 36.6 Å². The van der Waals surface area contributed by atoms with Gasteiger partial charge in [-0.1, -0.05) is 18.2 Å². The summed E-state index contributed by atoms with van der Waals surface area (Å²) >= 11 is 0. The molecule has 0 unspecified atom stereocenters. The molecule has 1 heterocycles. The van der Waals surface area contributed by atoms with Gasteiger partial charge in [-0.3, -0.25) is 10.1 Å². The van der Waals surface area contributed by atoms with E-state index in [0.29, 0.717) is 18.7 Å². The standard InChI is InChI=1S/C18H18N2O4/c1-2-24-18(21)16-6-4-3-5-14(16)12-19-10-9-13-11-15(20(22)23)7-8-17(13)19/h3-8,11H,2,9-10,12H2,1H3. The van der Waals surface area contributed by atoms with Crippen LogP contribution in [0.4, 0.5) is 11.4 Å². The van der Waals surface area contributed by atoms with Crippen molar-refractivity contribution in [2.45, 2.75) is 19.9 Å². The Labute approximate surface area is 139 Å². The summed E-state index contributed by atoms with van der Waals surface area (Å²) in [6, 6.07) is 12.3. The van der Waals surface area contributed by atoms with Gasteiger partial charge in [-0.25, -0.2) is 4.79 Å². The molecule has 0 fully saturated rings. The first kappa shape index (κ1) is 16.0. The minimum Gasteiger partial charge on any atom is -0.462 e. The zero-order chi connectivity index (χ0) is 17.1. The van der Waals surface area contributed by atoms with Crippen LogP contribution in [0, 0.1) is 10.1 Å². The zero-order valence-electron chi connectivity index (χ0n) is 13.4. The highest BCUT2D eigenvalue weighted by Crippen LogP contribution is 2.32. The lowest BCUT2D eigenvalue weighted by Gasteiger charge is -2.20. The molecular formula is C18H18N2O4. The second-order valence-corrected chi connectivity index (χ2v) is 5.62. The van der Waals surface area contributed by atoms with Gasteiger partial charge in [-0.15, -0.1) is 0 Å². The minimum absolute atomic E-state index is 0.113. The first-order valence-electron chi connectivity index (χ1n) is 7.87. The van der Waals surface area contributed by atoms with E-state index in [4.69, 9.17) is 4.74 Å². The van der Waals surface area contributed by atoms with E-state index in [2.05, 4.69) is 4.90 Å². The number of hydrogen-bond acceptors (Lipinski definition) is 5. The maximum absolute atomic E-state index is 12.1. The maximum Gasteiger partial charge on any atom is 0.338 e. The second-order valence-electron chi connectivity index (χ2n) is 5.62. The van der Waals surface area contributed by atoms with Crippen molar-refractivity contribution in [3.8, 4) is 0 Å². The fourth-order valence-electron chi connectivity index (χ4n) is 3.01. The van der Waals surface area contributed by atoms with E-state index in [-0.39, 0.29) is 16.6 Å². The van der Waals surface area contributed by atoms with Crippen LogP contribution in [0.3, 0.4) is 0 Å². The number of nitrogens with zero attached hydrogens (tertiary/aromatic N) is 2. The lowest BCUT2D eigenvalue weighted by molar-refractivity contribution is -0.384. The van der Waals surface area contributed by atoms with E-state index in [1.165, 1.54) is 6.07 Å². The summed E-state index contributed by atoms with van der Waals surface area (Å²) in [6.07, 6.45) is 0.762. The third-order valence-corrected chi connectivity index (χ3v) is 4.14. The topological polar surface area (TPSA) is 72.7 Å². The molecule has 0 aliphatic carbocycles. The van der Waals surface area contributed by atoms with Gasteiger partial charge >= 0.3 is 5.97 Å². The summed E-state index contributed by atoms with van der Waals surface area (Å²) < 4.78 is 5.11. The molecule has 0 amide bonds. The molecule has 0 N–H and O–H groups in total. The molecule has 124 valence electrons. The smallest absolute Gasteiger partial charge is 0.338 e. The summed E-state index contributed by atoms with van der Waals surface area (Å²) in [5.41, 5.74) is 3.52. The number of esters is 1. The lowest BCUT2D eigenvalue weighted by atomic mass is 10.1. The van der Waals surface area contributed by atoms with Crippen LogP contribution in [0.1, 0.15) is 28.4 Å². The number of ether oxygens (including phenoxy) is 1. The Hall–Kier alpha value is -2.89. The van der Waals surface area contributed by atoms with Crippen molar-refractivity contribution in [2.24, 2.45) is 0 Å². The van der Waals surface area contributed by atoms with E-state index in [0.717, 1.165) is 29.8 Å². The Balaban J connectivity index is 1.85. The van der Waals surface area contributed by atoms with Crippen molar-refractivity contribution < 1.29 is 14.5 Å². The number of carbonyl (C=O) groups is 1. The van der Waals surface area contributed by atoms with Crippen LogP contribution in [0.15, 0.2) is 42.5 Å². The molecule has 0 saturated carbocycles. The highest BCUT2D eigenvalue weighted by atomic mass is 16.6. The number of nitro groups is 1. The van der Waals surface area contributed by atoms with Crippen LogP contribution < -0.4 is 4.90 Å². The quantitative estimate of drug-likeness (QED) is 0.479. The van der Waals surface area contributed by atoms with E-state index in [1.54, 1.807) is 25.1 Å². The summed E-state index contributed by atoms with van der Waals surface area (Å²) in [7, 11) is 0. The van der Waals surface area contributed by atoms with Gasteiger partial charge in [0.15, 0.2) is 0 Å². The molecule has 0 aromatic heterocycles. The first-order valence-corrected chi connectivity index (χ1v) is 7.87. The predicted octanol–water partition coefficient (Wildman–Crippen LogP) is 3.33. The van der Waals surface area contributed by atoms with E-state index >= 15 is 0 Å². The molecule has 3 rings (SSSR count). The van der Waals surface area contributed by atoms with Gasteiger partial charge in [0.25, 0.3) is 5.69 Å². The number of nitro benzene ring substituents is 1. The molecule has 6 nitrogen and oxygen atoms in total. The van der Waals surface area contributed by atoms with Gasteiger partial charge in [0, 0.05) is 30.9 Å². The summed E-state index contributed by atoms with van der Waals surface area (Å²) in [5.74, 6) is -0.323. The molecule has 6 heteroatoms. The largest absolute Gasteiger partial charge is 0.462 e. The van der Waals surface area contributed by atoms with Gasteiger partial charge < -0.3 is 9.64 Å². The van der Waals surface area contributed by atoms with Crippen LogP contribution in [0.25, 0.3) is 0 Å². The molecule has 2 aromatic carbocycles. The van der Waals surface area contributed by atoms with Crippen molar-refractivity contribution >= 4 is 17.3 Å². The Morgan fingerprint density at radius 2 is 2.08 bits per heavy atom. The Morgan fingerprint density at radius 1 is 1.29 bits per heavy atom. The molecule has 1 aliphatic rings. The van der Waals surface area contributed by atoms with Crippen LogP contribution in [-0.4, -0.2) is 24.0 Å². The number of carbonyl (C=O) groups excluding carboxylic acids is 1. The maximum atomic E-state index is 12.1. The molecular weight excluding hydrogens is 308 g/mol. The third kappa shape index (κ3) is 3.08. The molecule has 0 saturated heterocycles. The monoisotopic (exact) mass is 326 g/mol. The summed E-state index contributed by atoms with van der Waals surface area (Å²) in [4.78, 5) is 24.7. The molecule has 0 spiro atoms. The van der Waals surface area contributed by atoms with Crippen molar-refractivity contribution in [3.05, 3.63) is 69.3 Å². The van der Waals surface area contributed by atoms with Crippen molar-refractivity contribution in [2.75, 3.05) is 18.1 Å². The van der Waals surface area contributed by atoms with Crippen LogP contribution >= 0.6 is 0 Å². The fraction of sp³-hybridized carbons (Fsp3) is 0.278. The number of non-ortho nitro benzene ring substituents is 1. The van der Waals surface area contributed by atoms with E-state index in [1.807, 2.05) is 18.2 Å². The number of benzene rings is 2. The Kier molecular flexibility index (Phi) is 4.46. The van der Waals surface area contributed by atoms with Gasteiger partial charge in [0.2, 0.25) is 0 Å². The second kappa shape index (κ2) is 6.70. The summed E-state index contributed by atoms with van der Waals surface area (Å²) in [5, 5.41) is 10.9. The summed E-state index contributed by atoms with van der Waals surface area (Å²) in [6.45, 7) is 3.46. The average molecular weight is 326 g/mol. The fourth-order valence-corrected chi connectivity index (χ4v) is 3.01. The average Bonchev–Trinajstić information content (AvgIpc) is 2.98. The van der Waals surface area contributed by atoms with Gasteiger partial charge in [0.05, 0.1) is 17.1 Å². The normalized spacial score (nSPS) is 12.8. The lowest BCUT2D eigenvalue weighted by Crippen LogP contribution is -2.21. The van der Waals surface area contributed by atoms with Gasteiger partial charge in [0.1, 0.15) is 0 Å². The minimum atomic E-state index is -0.376. The first-order chi connectivity index (χ1) is 11.6. The number of anilines is 1. The molecule has 0 radical (unpaired) electrons. The number of hydrogen-bond donors (Lipinski definition) is 0. The highest BCUT2D eigenvalue weighted by Gasteiger charge is 2.23. The molecule has 0 atom stereocenters. The number of fused-ring (bicyclic) bond motifs is 1. The molecule has 1 aliphatic heterocycles. The SMILES string of the molecule is CCOC(=O)c1ccccc1CN1CCc2cc([N+](=O)[O-])ccc21. The van der Waals surface area contributed by atoms with Gasteiger partial charge in [-0.2, -0.15) is 0 Å². The zero-order valence-corrected chi connectivity index (χ0v) is 13.4. The van der Waals surface area contributed by atoms with Crippen LogP contribution in [0.2, 0.25) is 0 Å². The van der Waals surface area contributed by atoms with E-state index < -0.39 is 0 Å². The Bertz CT molecular complexity index is 788. The predicted molar refractivity (Wildman–Crippen MR) is 90.2 cm³/mol. The van der Waals surface area contributed by atoms with Crippen LogP contribution in [0.5, 0.6) is 0 Å². The molecule has 0 bridgehead atoms. The van der Waals surface area contributed by atoms with Crippen molar-refractivity contribution in [1.29, 1.82) is 0 Å². The van der Waals surface area contributed by atoms with Crippen molar-refractivity contribution in [1.82, 2.24) is 0 Å². The molecule has 24 heavy (non-hydrogen) atoms. The van der Waals surface area contributed by atoms with E-state index in [9.17, 15) is 14.9 Å². The number of rotatable bonds is 5. The van der Waals surface area contributed by atoms with Crippen molar-refractivity contribution in [3.63, 3.8) is 0 Å². The van der Waals surface area contributed by atoms with Crippen LogP contribution in [-0.2, 0) is 17.7 Å².